The van der Waals surface area contributed by atoms with Crippen LogP contribution in [-0.2, 0) is 6.54 Å². The molecule has 1 N–H and O–H groups in total. The molecule has 4 rings (SSSR count). The summed E-state index contributed by atoms with van der Waals surface area (Å²) in [5.74, 6) is 2.33. The van der Waals surface area contributed by atoms with Gasteiger partial charge in [-0.15, -0.1) is 0 Å². The molecule has 4 aromatic rings. The number of nitrogens with one attached hydrogen (secondary N) is 1. The fourth-order valence-corrected chi connectivity index (χ4v) is 3.41. The molecule has 0 saturated heterocycles. The average Bonchev–Trinajstić information content (AvgIpc) is 3.23. The molecule has 0 aliphatic rings. The summed E-state index contributed by atoms with van der Waals surface area (Å²) in [7, 11) is 0. The van der Waals surface area contributed by atoms with E-state index < -0.39 is 4.92 Å². The minimum Gasteiger partial charge on any atom is -0.489 e. The number of fused-ring (bicyclic) bond motifs is 1. The summed E-state index contributed by atoms with van der Waals surface area (Å²) >= 11 is 6.34. The van der Waals surface area contributed by atoms with Crippen LogP contribution >= 0.6 is 11.6 Å². The highest BCUT2D eigenvalue weighted by Gasteiger charge is 2.18. The maximum Gasteiger partial charge on any atom is 0.368 e. The summed E-state index contributed by atoms with van der Waals surface area (Å²) in [4.78, 5) is 23.3. The van der Waals surface area contributed by atoms with Crippen LogP contribution < -0.4 is 14.8 Å². The molecule has 35 heavy (non-hydrogen) atoms. The zero-order valence-electron chi connectivity index (χ0n) is 19.6. The van der Waals surface area contributed by atoms with Crippen LogP contribution in [0.2, 0.25) is 5.02 Å². The van der Waals surface area contributed by atoms with Crippen LogP contribution in [0.5, 0.6) is 17.4 Å². The number of benzene rings is 1. The van der Waals surface area contributed by atoms with Crippen LogP contribution in [0.4, 0.5) is 11.6 Å². The van der Waals surface area contributed by atoms with Gasteiger partial charge in [-0.1, -0.05) is 36.0 Å². The lowest BCUT2D eigenvalue weighted by atomic mass is 10.2. The molecule has 0 amide bonds. The number of hydrogen-bond acceptors (Lipinski definition) is 9. The van der Waals surface area contributed by atoms with Gasteiger partial charge >= 0.3 is 5.82 Å². The van der Waals surface area contributed by atoms with Gasteiger partial charge in [0, 0.05) is 18.7 Å². The number of aryl methyl sites for hydroxylation is 2. The van der Waals surface area contributed by atoms with Crippen molar-refractivity contribution in [3.05, 3.63) is 68.7 Å². The van der Waals surface area contributed by atoms with Crippen molar-refractivity contribution in [1.29, 1.82) is 0 Å². The lowest BCUT2D eigenvalue weighted by Gasteiger charge is -2.15. The summed E-state index contributed by atoms with van der Waals surface area (Å²) in [6.45, 7) is 8.64. The molecular weight excluding hydrogens is 474 g/mol. The van der Waals surface area contributed by atoms with E-state index in [1.165, 1.54) is 0 Å². The Balaban J connectivity index is 1.59. The molecule has 3 aromatic heterocycles. The summed E-state index contributed by atoms with van der Waals surface area (Å²) in [6.07, 6.45) is 1.15. The third-order valence-electron chi connectivity index (χ3n) is 4.89. The number of ether oxygens (including phenoxy) is 2. The van der Waals surface area contributed by atoms with Crippen molar-refractivity contribution in [2.45, 2.75) is 34.2 Å². The molecular formula is C23H24ClN7O4. The van der Waals surface area contributed by atoms with Gasteiger partial charge < -0.3 is 24.9 Å². The fourth-order valence-electron chi connectivity index (χ4n) is 3.25. The van der Waals surface area contributed by atoms with Crippen molar-refractivity contribution in [1.82, 2.24) is 24.6 Å². The second-order valence-electron chi connectivity index (χ2n) is 8.28. The van der Waals surface area contributed by atoms with Gasteiger partial charge in [-0.2, -0.15) is 0 Å². The maximum atomic E-state index is 11.2. The zero-order chi connectivity index (χ0) is 25.1. The Morgan fingerprint density at radius 3 is 2.71 bits per heavy atom. The number of hydrogen-bond donors (Lipinski definition) is 1. The minimum absolute atomic E-state index is 0.164. The van der Waals surface area contributed by atoms with E-state index in [0.29, 0.717) is 58.6 Å². The molecule has 11 nitrogen and oxygen atoms in total. The highest BCUT2D eigenvalue weighted by molar-refractivity contribution is 6.33. The van der Waals surface area contributed by atoms with E-state index in [-0.39, 0.29) is 11.7 Å². The summed E-state index contributed by atoms with van der Waals surface area (Å²) in [5, 5.41) is 19.2. The molecule has 0 unspecified atom stereocenters. The highest BCUT2D eigenvalue weighted by atomic mass is 35.5. The molecule has 0 bridgehead atoms. The number of anilines is 1. The van der Waals surface area contributed by atoms with Gasteiger partial charge in [0.1, 0.15) is 22.9 Å². The Hall–Kier alpha value is -3.99. The van der Waals surface area contributed by atoms with Gasteiger partial charge in [-0.25, -0.2) is 15.0 Å². The van der Waals surface area contributed by atoms with Crippen molar-refractivity contribution in [3.8, 4) is 17.4 Å². The third-order valence-corrected chi connectivity index (χ3v) is 5.34. The average molecular weight is 498 g/mol. The zero-order valence-corrected chi connectivity index (χ0v) is 20.4. The minimum atomic E-state index is -0.553. The lowest BCUT2D eigenvalue weighted by molar-refractivity contribution is -0.391. The Morgan fingerprint density at radius 1 is 1.17 bits per heavy atom. The smallest absolute Gasteiger partial charge is 0.368 e. The Labute approximate surface area is 206 Å². The molecule has 0 radical (unpaired) electrons. The normalized spacial score (nSPS) is 11.1. The number of nitrogens with zero attached hydrogens (tertiary/aromatic N) is 6. The number of rotatable bonds is 9. The van der Waals surface area contributed by atoms with Gasteiger partial charge in [0.25, 0.3) is 5.88 Å². The summed E-state index contributed by atoms with van der Waals surface area (Å²) in [5.41, 5.74) is 1.96. The van der Waals surface area contributed by atoms with Gasteiger partial charge in [0.2, 0.25) is 5.65 Å². The molecule has 0 spiro atoms. The lowest BCUT2D eigenvalue weighted by Crippen LogP contribution is -2.08. The first kappa shape index (κ1) is 24.1. The van der Waals surface area contributed by atoms with Gasteiger partial charge in [-0.3, -0.25) is 0 Å². The van der Waals surface area contributed by atoms with Crippen molar-refractivity contribution >= 4 is 28.9 Å². The maximum absolute atomic E-state index is 11.2. The molecule has 0 saturated carbocycles. The largest absolute Gasteiger partial charge is 0.489 e. The first-order valence-corrected chi connectivity index (χ1v) is 11.3. The molecule has 12 heteroatoms. The third kappa shape index (κ3) is 5.57. The predicted molar refractivity (Wildman–Crippen MR) is 130 cm³/mol. The van der Waals surface area contributed by atoms with Crippen LogP contribution in [-0.4, -0.2) is 36.1 Å². The molecule has 182 valence electrons. The number of halogens is 1. The van der Waals surface area contributed by atoms with Gasteiger partial charge in [-0.05, 0) is 47.5 Å². The summed E-state index contributed by atoms with van der Waals surface area (Å²) < 4.78 is 13.1. The number of imidazole rings is 1. The van der Waals surface area contributed by atoms with Gasteiger partial charge in [0.05, 0.1) is 12.3 Å². The highest BCUT2D eigenvalue weighted by Crippen LogP contribution is 2.33. The second kappa shape index (κ2) is 10.1. The van der Waals surface area contributed by atoms with Crippen LogP contribution in [0, 0.1) is 29.9 Å². The first-order chi connectivity index (χ1) is 16.7. The molecule has 0 aliphatic heterocycles. The first-order valence-electron chi connectivity index (χ1n) is 10.9. The van der Waals surface area contributed by atoms with Crippen molar-refractivity contribution in [2.75, 3.05) is 11.9 Å². The molecule has 0 fully saturated rings. The Bertz CT molecular complexity index is 1390. The van der Waals surface area contributed by atoms with E-state index in [2.05, 4.69) is 25.4 Å². The van der Waals surface area contributed by atoms with E-state index in [4.69, 9.17) is 21.1 Å². The monoisotopic (exact) mass is 497 g/mol. The predicted octanol–water partition coefficient (Wildman–Crippen LogP) is 5.14. The molecule has 3 heterocycles. The van der Waals surface area contributed by atoms with Crippen LogP contribution in [0.25, 0.3) is 5.65 Å². The van der Waals surface area contributed by atoms with Gasteiger partial charge in [0.15, 0.2) is 11.5 Å². The molecule has 1 aromatic carbocycles. The van der Waals surface area contributed by atoms with E-state index in [0.717, 1.165) is 16.3 Å². The summed E-state index contributed by atoms with van der Waals surface area (Å²) in [6, 6.07) is 8.68. The van der Waals surface area contributed by atoms with E-state index in [9.17, 15) is 10.1 Å². The topological polar surface area (TPSA) is 130 Å². The van der Waals surface area contributed by atoms with Crippen molar-refractivity contribution < 1.29 is 14.4 Å². The van der Waals surface area contributed by atoms with Crippen LogP contribution in [0.3, 0.4) is 0 Å². The molecule has 0 aliphatic carbocycles. The number of aromatic nitrogens is 5. The standard InChI is InChI=1S/C23H24ClN7O4/c1-13(2)12-34-18-9-16(10-26-23-22(24)14(3)27-15(4)28-23)5-6-17(18)35-20-8-7-19-25-11-21(31(32)33)30(19)29-20/h5-9,11,13H,10,12H2,1-4H3,(H,26,27,28). The van der Waals surface area contributed by atoms with Crippen molar-refractivity contribution in [3.63, 3.8) is 0 Å². The quantitative estimate of drug-likeness (QED) is 0.247. The Morgan fingerprint density at radius 2 is 1.97 bits per heavy atom. The molecule has 0 atom stereocenters. The van der Waals surface area contributed by atoms with Crippen molar-refractivity contribution in [2.24, 2.45) is 5.92 Å². The van der Waals surface area contributed by atoms with E-state index in [1.54, 1.807) is 18.2 Å². The van der Waals surface area contributed by atoms with E-state index in [1.807, 2.05) is 39.8 Å². The fraction of sp³-hybridized carbons (Fsp3) is 0.304. The second-order valence-corrected chi connectivity index (χ2v) is 8.65. The van der Waals surface area contributed by atoms with Crippen LogP contribution in [0.15, 0.2) is 36.5 Å². The van der Waals surface area contributed by atoms with E-state index >= 15 is 0 Å². The number of nitro groups is 1. The Kier molecular flexibility index (Phi) is 6.97. The SMILES string of the molecule is Cc1nc(C)c(Cl)c(NCc2ccc(Oc3ccc4ncc([N+](=O)[O-])n4n3)c(OCC(C)C)c2)n1. The van der Waals surface area contributed by atoms with Crippen LogP contribution in [0.1, 0.15) is 30.9 Å².